The Balaban J connectivity index is 1.54. The number of nitrogens with zero attached hydrogens (tertiary/aromatic N) is 3. The summed E-state index contributed by atoms with van der Waals surface area (Å²) in [6, 6.07) is 13.1. The molecular formula is C20H17N3O4S. The van der Waals surface area contributed by atoms with E-state index in [2.05, 4.69) is 4.98 Å². The number of carbonyl (C=O) groups excluding carboxylic acids is 2. The van der Waals surface area contributed by atoms with E-state index in [0.717, 1.165) is 10.2 Å². The van der Waals surface area contributed by atoms with Crippen LogP contribution >= 0.6 is 11.3 Å². The molecule has 0 fully saturated rings. The molecule has 7 nitrogen and oxygen atoms in total. The number of hydrogen-bond acceptors (Lipinski definition) is 7. The Kier molecular flexibility index (Phi) is 6.54. The van der Waals surface area contributed by atoms with Crippen molar-refractivity contribution in [2.75, 3.05) is 13.2 Å². The zero-order valence-corrected chi connectivity index (χ0v) is 15.7. The first-order valence-electron chi connectivity index (χ1n) is 8.53. The van der Waals surface area contributed by atoms with Gasteiger partial charge in [-0.05, 0) is 30.3 Å². The number of thiazole rings is 1. The molecule has 2 heterocycles. The maximum Gasteiger partial charge on any atom is 0.331 e. The van der Waals surface area contributed by atoms with Gasteiger partial charge in [0.15, 0.2) is 6.61 Å². The van der Waals surface area contributed by atoms with Gasteiger partial charge in [-0.15, -0.1) is 11.3 Å². The van der Waals surface area contributed by atoms with Crippen molar-refractivity contribution in [1.82, 2.24) is 9.88 Å². The summed E-state index contributed by atoms with van der Waals surface area (Å²) in [5, 5.41) is 9.44. The van der Waals surface area contributed by atoms with Crippen LogP contribution in [-0.2, 0) is 20.9 Å². The summed E-state index contributed by atoms with van der Waals surface area (Å²) in [7, 11) is 0. The summed E-state index contributed by atoms with van der Waals surface area (Å²) in [6.45, 7) is 0.0386. The van der Waals surface area contributed by atoms with Gasteiger partial charge in [-0.2, -0.15) is 5.26 Å². The Labute approximate surface area is 165 Å². The summed E-state index contributed by atoms with van der Waals surface area (Å²) >= 11 is 1.46. The van der Waals surface area contributed by atoms with Crippen LogP contribution in [0.25, 0.3) is 16.3 Å². The van der Waals surface area contributed by atoms with E-state index in [0.29, 0.717) is 10.8 Å². The van der Waals surface area contributed by atoms with Gasteiger partial charge in [-0.3, -0.25) is 4.79 Å². The minimum atomic E-state index is -0.633. The van der Waals surface area contributed by atoms with Crippen molar-refractivity contribution in [2.24, 2.45) is 0 Å². The number of benzene rings is 1. The van der Waals surface area contributed by atoms with E-state index in [9.17, 15) is 9.59 Å². The van der Waals surface area contributed by atoms with Crippen molar-refractivity contribution in [2.45, 2.75) is 13.0 Å². The molecule has 0 saturated heterocycles. The molecule has 0 bridgehead atoms. The second-order valence-electron chi connectivity index (χ2n) is 5.76. The molecule has 0 atom stereocenters. The SMILES string of the molecule is N#CCCN(Cc1ccco1)C(=O)COC(=O)/C=C/c1nc2ccccc2s1. The second-order valence-corrected chi connectivity index (χ2v) is 6.83. The lowest BCUT2D eigenvalue weighted by Crippen LogP contribution is -2.34. The standard InChI is InChI=1S/C20H17N3O4S/c21-10-4-11-23(13-15-5-3-12-26-15)19(24)14-27-20(25)9-8-18-22-16-6-1-2-7-17(16)28-18/h1-3,5-9,12H,4,11,13-14H2/b9-8+. The minimum Gasteiger partial charge on any atom is -0.467 e. The number of furan rings is 1. The Morgan fingerprint density at radius 3 is 2.89 bits per heavy atom. The lowest BCUT2D eigenvalue weighted by Gasteiger charge is -2.20. The summed E-state index contributed by atoms with van der Waals surface area (Å²) in [5.41, 5.74) is 0.863. The number of carbonyl (C=O) groups is 2. The molecule has 1 aromatic carbocycles. The van der Waals surface area contributed by atoms with Gasteiger partial charge in [-0.1, -0.05) is 12.1 Å². The van der Waals surface area contributed by atoms with Crippen molar-refractivity contribution in [3.05, 3.63) is 59.5 Å². The summed E-state index contributed by atoms with van der Waals surface area (Å²) in [4.78, 5) is 30.1. The molecule has 2 aromatic heterocycles. The van der Waals surface area contributed by atoms with E-state index >= 15 is 0 Å². The van der Waals surface area contributed by atoms with Gasteiger partial charge in [0.25, 0.3) is 5.91 Å². The largest absolute Gasteiger partial charge is 0.467 e. The Hall–Kier alpha value is -3.44. The molecule has 28 heavy (non-hydrogen) atoms. The van der Waals surface area contributed by atoms with Crippen molar-refractivity contribution < 1.29 is 18.7 Å². The van der Waals surface area contributed by atoms with Crippen LogP contribution in [0.4, 0.5) is 0 Å². The topological polar surface area (TPSA) is 96.4 Å². The summed E-state index contributed by atoms with van der Waals surface area (Å²) in [5.74, 6) is -0.437. The molecular weight excluding hydrogens is 378 g/mol. The molecule has 0 aliphatic heterocycles. The Bertz CT molecular complexity index is 985. The van der Waals surface area contributed by atoms with E-state index in [1.807, 2.05) is 30.3 Å². The predicted molar refractivity (Wildman–Crippen MR) is 104 cm³/mol. The van der Waals surface area contributed by atoms with Crippen LogP contribution in [0.15, 0.2) is 53.2 Å². The smallest absolute Gasteiger partial charge is 0.331 e. The molecule has 0 saturated carbocycles. The number of nitriles is 1. The first-order valence-corrected chi connectivity index (χ1v) is 9.35. The monoisotopic (exact) mass is 395 g/mol. The normalized spacial score (nSPS) is 10.8. The van der Waals surface area contributed by atoms with Crippen molar-refractivity contribution in [3.63, 3.8) is 0 Å². The zero-order valence-electron chi connectivity index (χ0n) is 14.9. The second kappa shape index (κ2) is 9.48. The van der Waals surface area contributed by atoms with Crippen LogP contribution in [0.2, 0.25) is 0 Å². The Morgan fingerprint density at radius 2 is 2.14 bits per heavy atom. The average molecular weight is 395 g/mol. The summed E-state index contributed by atoms with van der Waals surface area (Å²) < 4.78 is 11.3. The molecule has 0 unspecified atom stereocenters. The van der Waals surface area contributed by atoms with Gasteiger partial charge in [-0.25, -0.2) is 9.78 Å². The molecule has 0 N–H and O–H groups in total. The van der Waals surface area contributed by atoms with Crippen LogP contribution in [0.5, 0.6) is 0 Å². The zero-order chi connectivity index (χ0) is 19.8. The number of rotatable bonds is 8. The number of ether oxygens (including phenoxy) is 1. The number of amides is 1. The molecule has 0 aliphatic rings. The van der Waals surface area contributed by atoms with E-state index in [1.54, 1.807) is 18.2 Å². The molecule has 0 spiro atoms. The van der Waals surface area contributed by atoms with Crippen molar-refractivity contribution in [1.29, 1.82) is 5.26 Å². The molecule has 8 heteroatoms. The number of esters is 1. The maximum atomic E-state index is 12.3. The third-order valence-corrected chi connectivity index (χ3v) is 4.78. The third-order valence-electron chi connectivity index (χ3n) is 3.78. The van der Waals surface area contributed by atoms with Gasteiger partial charge in [0.05, 0.1) is 35.5 Å². The molecule has 3 rings (SSSR count). The highest BCUT2D eigenvalue weighted by atomic mass is 32.1. The third kappa shape index (κ3) is 5.28. The molecule has 3 aromatic rings. The number of hydrogen-bond donors (Lipinski definition) is 0. The number of fused-ring (bicyclic) bond motifs is 1. The average Bonchev–Trinajstić information content (AvgIpc) is 3.36. The quantitative estimate of drug-likeness (QED) is 0.428. The van der Waals surface area contributed by atoms with Crippen LogP contribution in [0, 0.1) is 11.3 Å². The van der Waals surface area contributed by atoms with Gasteiger partial charge in [0.2, 0.25) is 0 Å². The van der Waals surface area contributed by atoms with E-state index in [1.165, 1.54) is 28.6 Å². The fraction of sp³-hybridized carbons (Fsp3) is 0.200. The summed E-state index contributed by atoms with van der Waals surface area (Å²) in [6.07, 6.45) is 4.50. The molecule has 0 aliphatic carbocycles. The minimum absolute atomic E-state index is 0.178. The van der Waals surface area contributed by atoms with Crippen LogP contribution in [-0.4, -0.2) is 34.9 Å². The van der Waals surface area contributed by atoms with Gasteiger partial charge in [0.1, 0.15) is 10.8 Å². The number of para-hydroxylation sites is 1. The van der Waals surface area contributed by atoms with Crippen molar-refractivity contribution in [3.8, 4) is 6.07 Å². The molecule has 1 amide bonds. The first kappa shape index (κ1) is 19.3. The van der Waals surface area contributed by atoms with Crippen LogP contribution in [0.1, 0.15) is 17.2 Å². The van der Waals surface area contributed by atoms with Gasteiger partial charge < -0.3 is 14.1 Å². The highest BCUT2D eigenvalue weighted by Crippen LogP contribution is 2.22. The predicted octanol–water partition coefficient (Wildman–Crippen LogP) is 3.39. The molecule has 142 valence electrons. The van der Waals surface area contributed by atoms with E-state index in [4.69, 9.17) is 14.4 Å². The highest BCUT2D eigenvalue weighted by molar-refractivity contribution is 7.19. The maximum absolute atomic E-state index is 12.3. The van der Waals surface area contributed by atoms with E-state index < -0.39 is 18.5 Å². The fourth-order valence-corrected chi connectivity index (χ4v) is 3.31. The van der Waals surface area contributed by atoms with Gasteiger partial charge in [0, 0.05) is 12.6 Å². The number of aromatic nitrogens is 1. The lowest BCUT2D eigenvalue weighted by atomic mass is 10.3. The van der Waals surface area contributed by atoms with Crippen LogP contribution < -0.4 is 0 Å². The fourth-order valence-electron chi connectivity index (χ4n) is 2.44. The van der Waals surface area contributed by atoms with Crippen molar-refractivity contribution >= 4 is 39.5 Å². The lowest BCUT2D eigenvalue weighted by molar-refractivity contribution is -0.148. The van der Waals surface area contributed by atoms with Crippen LogP contribution in [0.3, 0.4) is 0 Å². The first-order chi connectivity index (χ1) is 13.7. The Morgan fingerprint density at radius 1 is 1.29 bits per heavy atom. The highest BCUT2D eigenvalue weighted by Gasteiger charge is 2.16. The molecule has 0 radical (unpaired) electrons. The van der Waals surface area contributed by atoms with Gasteiger partial charge >= 0.3 is 5.97 Å². The van der Waals surface area contributed by atoms with E-state index in [-0.39, 0.29) is 19.5 Å².